The van der Waals surface area contributed by atoms with E-state index < -0.39 is 11.9 Å². The highest BCUT2D eigenvalue weighted by Crippen LogP contribution is 2.39. The molecule has 1 aliphatic rings. The average molecular weight is 255 g/mol. The van der Waals surface area contributed by atoms with Crippen LogP contribution in [0.15, 0.2) is 0 Å². The summed E-state index contributed by atoms with van der Waals surface area (Å²) in [6, 6.07) is 0. The van der Waals surface area contributed by atoms with Crippen molar-refractivity contribution >= 4 is 11.9 Å². The fourth-order valence-corrected chi connectivity index (χ4v) is 3.18. The lowest BCUT2D eigenvalue weighted by molar-refractivity contribution is -0.150. The molecule has 1 aliphatic carbocycles. The molecule has 3 unspecified atom stereocenters. The number of carboxylic acid groups (broad SMARTS) is 1. The Labute approximate surface area is 109 Å². The number of carbonyl (C=O) groups is 2. The van der Waals surface area contributed by atoms with Gasteiger partial charge in [0.05, 0.1) is 0 Å². The minimum Gasteiger partial charge on any atom is -0.474 e. The molecule has 0 aliphatic heterocycles. The number of nitrogens with one attached hydrogen (secondary N) is 1. The first-order valence-electron chi connectivity index (χ1n) is 6.93. The number of rotatable bonds is 4. The van der Waals surface area contributed by atoms with Gasteiger partial charge in [-0.15, -0.1) is 0 Å². The van der Waals surface area contributed by atoms with Crippen LogP contribution in [0, 0.1) is 23.7 Å². The molecule has 18 heavy (non-hydrogen) atoms. The van der Waals surface area contributed by atoms with E-state index in [-0.39, 0.29) is 0 Å². The van der Waals surface area contributed by atoms with Crippen molar-refractivity contribution in [3.8, 4) is 0 Å². The smallest absolute Gasteiger partial charge is 0.394 e. The van der Waals surface area contributed by atoms with E-state index in [0.29, 0.717) is 24.3 Å². The zero-order valence-electron chi connectivity index (χ0n) is 11.6. The van der Waals surface area contributed by atoms with E-state index in [9.17, 15) is 9.59 Å². The van der Waals surface area contributed by atoms with E-state index in [0.717, 1.165) is 12.3 Å². The van der Waals surface area contributed by atoms with Crippen LogP contribution in [0.3, 0.4) is 0 Å². The highest BCUT2D eigenvalue weighted by Gasteiger charge is 2.30. The molecule has 0 aromatic heterocycles. The van der Waals surface area contributed by atoms with Gasteiger partial charge in [-0.1, -0.05) is 27.2 Å². The molecule has 4 heteroatoms. The number of carbonyl (C=O) groups excluding carboxylic acids is 1. The van der Waals surface area contributed by atoms with E-state index in [4.69, 9.17) is 5.11 Å². The van der Waals surface area contributed by atoms with Gasteiger partial charge in [-0.3, -0.25) is 4.79 Å². The van der Waals surface area contributed by atoms with Crippen LogP contribution in [-0.4, -0.2) is 23.5 Å². The summed E-state index contributed by atoms with van der Waals surface area (Å²) in [7, 11) is 0. The molecule has 1 fully saturated rings. The van der Waals surface area contributed by atoms with E-state index in [1.54, 1.807) is 0 Å². The van der Waals surface area contributed by atoms with Gasteiger partial charge in [-0.25, -0.2) is 4.79 Å². The SMILES string of the molecule is CC1CCC(C(C)C)C(CCNC(=O)C(=O)O)C1. The van der Waals surface area contributed by atoms with Crippen LogP contribution in [-0.2, 0) is 9.59 Å². The van der Waals surface area contributed by atoms with Crippen molar-refractivity contribution in [1.82, 2.24) is 5.32 Å². The summed E-state index contributed by atoms with van der Waals surface area (Å²) in [5.41, 5.74) is 0. The van der Waals surface area contributed by atoms with Crippen molar-refractivity contribution < 1.29 is 14.7 Å². The largest absolute Gasteiger partial charge is 0.474 e. The van der Waals surface area contributed by atoms with E-state index in [2.05, 4.69) is 26.1 Å². The van der Waals surface area contributed by atoms with Crippen LogP contribution in [0.1, 0.15) is 46.5 Å². The lowest BCUT2D eigenvalue weighted by atomic mass is 9.69. The van der Waals surface area contributed by atoms with Crippen LogP contribution >= 0.6 is 0 Å². The molecule has 0 bridgehead atoms. The highest BCUT2D eigenvalue weighted by atomic mass is 16.4. The second-order valence-electron chi connectivity index (χ2n) is 5.94. The monoisotopic (exact) mass is 255 g/mol. The number of hydrogen-bond acceptors (Lipinski definition) is 2. The molecule has 3 atom stereocenters. The lowest BCUT2D eigenvalue weighted by Gasteiger charge is -2.37. The van der Waals surface area contributed by atoms with Crippen LogP contribution in [0.25, 0.3) is 0 Å². The molecule has 4 nitrogen and oxygen atoms in total. The summed E-state index contributed by atoms with van der Waals surface area (Å²) in [6.07, 6.45) is 4.65. The predicted octanol–water partition coefficient (Wildman–Crippen LogP) is 2.29. The van der Waals surface area contributed by atoms with Crippen molar-refractivity contribution in [2.45, 2.75) is 46.5 Å². The summed E-state index contributed by atoms with van der Waals surface area (Å²) >= 11 is 0. The van der Waals surface area contributed by atoms with Gasteiger partial charge in [-0.2, -0.15) is 0 Å². The average Bonchev–Trinajstić information content (AvgIpc) is 2.28. The van der Waals surface area contributed by atoms with Crippen molar-refractivity contribution in [2.75, 3.05) is 6.54 Å². The van der Waals surface area contributed by atoms with E-state index in [1.807, 2.05) is 0 Å². The Bertz CT molecular complexity index is 301. The molecule has 104 valence electrons. The second kappa shape index (κ2) is 6.76. The van der Waals surface area contributed by atoms with E-state index >= 15 is 0 Å². The predicted molar refractivity (Wildman–Crippen MR) is 70.1 cm³/mol. The van der Waals surface area contributed by atoms with E-state index in [1.165, 1.54) is 19.3 Å². The maximum atomic E-state index is 11.0. The third-order valence-electron chi connectivity index (χ3n) is 4.15. The third-order valence-corrected chi connectivity index (χ3v) is 4.15. The first-order valence-corrected chi connectivity index (χ1v) is 6.93. The molecule has 0 spiro atoms. The zero-order valence-corrected chi connectivity index (χ0v) is 11.6. The summed E-state index contributed by atoms with van der Waals surface area (Å²) in [5.74, 6) is 0.455. The molecular formula is C14H25NO3. The Morgan fingerprint density at radius 2 is 2.00 bits per heavy atom. The van der Waals surface area contributed by atoms with Gasteiger partial charge in [0, 0.05) is 6.54 Å². The Hall–Kier alpha value is -1.06. The molecule has 0 heterocycles. The Balaban J connectivity index is 2.41. The van der Waals surface area contributed by atoms with Gasteiger partial charge < -0.3 is 10.4 Å². The topological polar surface area (TPSA) is 66.4 Å². The molecular weight excluding hydrogens is 230 g/mol. The van der Waals surface area contributed by atoms with Crippen molar-refractivity contribution in [2.24, 2.45) is 23.7 Å². The molecule has 0 aromatic carbocycles. The number of hydrogen-bond donors (Lipinski definition) is 2. The zero-order chi connectivity index (χ0) is 13.7. The number of amides is 1. The van der Waals surface area contributed by atoms with Crippen LogP contribution in [0.5, 0.6) is 0 Å². The third kappa shape index (κ3) is 4.31. The second-order valence-corrected chi connectivity index (χ2v) is 5.94. The van der Waals surface area contributed by atoms with Gasteiger partial charge in [0.2, 0.25) is 0 Å². The van der Waals surface area contributed by atoms with Crippen molar-refractivity contribution in [3.05, 3.63) is 0 Å². The summed E-state index contributed by atoms with van der Waals surface area (Å²) in [5, 5.41) is 11.0. The number of aliphatic carboxylic acids is 1. The van der Waals surface area contributed by atoms with Gasteiger partial charge in [0.15, 0.2) is 0 Å². The standard InChI is InChI=1S/C14H25NO3/c1-9(2)12-5-4-10(3)8-11(12)6-7-15-13(16)14(17)18/h9-12H,4-8H2,1-3H3,(H,15,16)(H,17,18). The lowest BCUT2D eigenvalue weighted by Crippen LogP contribution is -2.35. The molecule has 0 aromatic rings. The van der Waals surface area contributed by atoms with Gasteiger partial charge in [0.25, 0.3) is 0 Å². The van der Waals surface area contributed by atoms with Crippen molar-refractivity contribution in [1.29, 1.82) is 0 Å². The summed E-state index contributed by atoms with van der Waals surface area (Å²) < 4.78 is 0. The minimum atomic E-state index is -1.40. The number of carboxylic acids is 1. The Morgan fingerprint density at radius 3 is 2.56 bits per heavy atom. The summed E-state index contributed by atoms with van der Waals surface area (Å²) in [4.78, 5) is 21.3. The van der Waals surface area contributed by atoms with Gasteiger partial charge in [-0.05, 0) is 42.9 Å². The molecule has 0 saturated heterocycles. The Kier molecular flexibility index (Phi) is 5.63. The first-order chi connectivity index (χ1) is 8.41. The molecule has 2 N–H and O–H groups in total. The molecule has 1 amide bonds. The first kappa shape index (κ1) is 15.0. The fourth-order valence-electron chi connectivity index (χ4n) is 3.18. The van der Waals surface area contributed by atoms with Gasteiger partial charge >= 0.3 is 11.9 Å². The normalized spacial score (nSPS) is 28.1. The molecule has 0 radical (unpaired) electrons. The maximum Gasteiger partial charge on any atom is 0.394 e. The van der Waals surface area contributed by atoms with Crippen LogP contribution in [0.2, 0.25) is 0 Å². The molecule has 1 rings (SSSR count). The summed E-state index contributed by atoms with van der Waals surface area (Å²) in [6.45, 7) is 7.26. The quantitative estimate of drug-likeness (QED) is 0.757. The van der Waals surface area contributed by atoms with Crippen LogP contribution < -0.4 is 5.32 Å². The van der Waals surface area contributed by atoms with Crippen molar-refractivity contribution in [3.63, 3.8) is 0 Å². The fraction of sp³-hybridized carbons (Fsp3) is 0.857. The van der Waals surface area contributed by atoms with Crippen LogP contribution in [0.4, 0.5) is 0 Å². The minimum absolute atomic E-state index is 0.478. The maximum absolute atomic E-state index is 11.0. The molecule has 1 saturated carbocycles. The van der Waals surface area contributed by atoms with Gasteiger partial charge in [0.1, 0.15) is 0 Å². The highest BCUT2D eigenvalue weighted by molar-refractivity contribution is 6.31. The Morgan fingerprint density at radius 1 is 1.33 bits per heavy atom.